The van der Waals surface area contributed by atoms with E-state index in [0.29, 0.717) is 43.0 Å². The van der Waals surface area contributed by atoms with Crippen molar-refractivity contribution < 1.29 is 27.4 Å². The monoisotopic (exact) mass is 539 g/mol. The Bertz CT molecular complexity index is 1280. The van der Waals surface area contributed by atoms with Crippen molar-refractivity contribution in [2.75, 3.05) is 19.7 Å². The molecule has 0 fully saturated rings. The van der Waals surface area contributed by atoms with E-state index in [2.05, 4.69) is 39.0 Å². The van der Waals surface area contributed by atoms with Crippen LogP contribution in [0.1, 0.15) is 55.7 Å². The van der Waals surface area contributed by atoms with Gasteiger partial charge in [0, 0.05) is 25.1 Å². The van der Waals surface area contributed by atoms with Gasteiger partial charge in [0.15, 0.2) is 0 Å². The van der Waals surface area contributed by atoms with E-state index in [4.69, 9.17) is 9.15 Å². The first-order chi connectivity index (χ1) is 18.9. The van der Waals surface area contributed by atoms with Crippen molar-refractivity contribution in [3.05, 3.63) is 77.1 Å². The van der Waals surface area contributed by atoms with Gasteiger partial charge in [0.1, 0.15) is 30.1 Å². The van der Waals surface area contributed by atoms with Crippen molar-refractivity contribution in [1.82, 2.24) is 9.88 Å². The molecule has 6 nitrogen and oxygen atoms in total. The van der Waals surface area contributed by atoms with Gasteiger partial charge in [0.2, 0.25) is 5.89 Å². The van der Waals surface area contributed by atoms with Crippen molar-refractivity contribution in [3.63, 3.8) is 0 Å². The fraction of sp³-hybridized carbons (Fsp3) is 0.400. The number of alkyl halides is 3. The Hall–Kier alpha value is -3.77. The number of benzene rings is 1. The summed E-state index contributed by atoms with van der Waals surface area (Å²) in [5, 5.41) is 9.18. The number of aliphatic hydroxyl groups excluding tert-OH is 1. The molecule has 206 valence electrons. The highest BCUT2D eigenvalue weighted by atomic mass is 19.4. The maximum absolute atomic E-state index is 12.5. The number of amidine groups is 1. The summed E-state index contributed by atoms with van der Waals surface area (Å²) >= 11 is 0. The molecule has 1 aliphatic carbocycles. The average molecular weight is 540 g/mol. The summed E-state index contributed by atoms with van der Waals surface area (Å²) in [5.74, 6) is 5.01. The van der Waals surface area contributed by atoms with Gasteiger partial charge in [-0.2, -0.15) is 18.2 Å². The highest BCUT2D eigenvalue weighted by Gasteiger charge is 2.28. The predicted molar refractivity (Wildman–Crippen MR) is 144 cm³/mol. The van der Waals surface area contributed by atoms with Crippen LogP contribution < -0.4 is 4.74 Å². The maximum atomic E-state index is 12.5. The van der Waals surface area contributed by atoms with Crippen molar-refractivity contribution in [2.24, 2.45) is 4.99 Å². The molecule has 2 aliphatic rings. The normalized spacial score (nSPS) is 15.5. The summed E-state index contributed by atoms with van der Waals surface area (Å²) in [6, 6.07) is 10.8. The second-order valence-electron chi connectivity index (χ2n) is 9.47. The molecule has 1 N–H and O–H groups in total. The standard InChI is InChI=1S/C30H32F3N3O3/c31-30(32,33)20-25-7-5-24(6-8-25)11-14-29-35-26(22-39-29)21-38-27-12-9-23(10-13-27)4-1-2-17-36-18-3-16-34-28(36)15-19-37/h5,7,9-14,22,37H,1-2,4,6,8,15,17-21H2/b14-11+. The fourth-order valence-corrected chi connectivity index (χ4v) is 4.34. The Morgan fingerprint density at radius 1 is 1.08 bits per heavy atom. The van der Waals surface area contributed by atoms with Gasteiger partial charge in [-0.1, -0.05) is 41.9 Å². The highest BCUT2D eigenvalue weighted by molar-refractivity contribution is 5.84. The number of hydrogen-bond acceptors (Lipinski definition) is 6. The summed E-state index contributed by atoms with van der Waals surface area (Å²) < 4.78 is 48.9. The predicted octanol–water partition coefficient (Wildman–Crippen LogP) is 6.25. The lowest BCUT2D eigenvalue weighted by atomic mass is 9.96. The van der Waals surface area contributed by atoms with Gasteiger partial charge >= 0.3 is 6.18 Å². The smallest absolute Gasteiger partial charge is 0.392 e. The molecule has 1 aliphatic heterocycles. The van der Waals surface area contributed by atoms with Gasteiger partial charge < -0.3 is 19.2 Å². The second kappa shape index (κ2) is 13.9. The van der Waals surface area contributed by atoms with Crippen LogP contribution in [0.4, 0.5) is 13.2 Å². The lowest BCUT2D eigenvalue weighted by molar-refractivity contribution is -0.127. The number of rotatable bonds is 13. The van der Waals surface area contributed by atoms with Crippen LogP contribution in [0.5, 0.6) is 5.75 Å². The third-order valence-corrected chi connectivity index (χ3v) is 6.39. The number of oxazole rings is 1. The van der Waals surface area contributed by atoms with Crippen LogP contribution in [-0.4, -0.2) is 46.7 Å². The van der Waals surface area contributed by atoms with Crippen LogP contribution in [0, 0.1) is 12.0 Å². The van der Waals surface area contributed by atoms with E-state index in [1.165, 1.54) is 11.8 Å². The third-order valence-electron chi connectivity index (χ3n) is 6.39. The van der Waals surface area contributed by atoms with Crippen LogP contribution in [0.2, 0.25) is 0 Å². The first kappa shape index (κ1) is 28.2. The highest BCUT2D eigenvalue weighted by Crippen LogP contribution is 2.30. The molecule has 0 spiro atoms. The van der Waals surface area contributed by atoms with Crippen molar-refractivity contribution in [1.29, 1.82) is 0 Å². The number of aryl methyl sites for hydroxylation is 1. The van der Waals surface area contributed by atoms with Crippen LogP contribution in [0.25, 0.3) is 6.08 Å². The van der Waals surface area contributed by atoms with Gasteiger partial charge in [-0.3, -0.25) is 0 Å². The molecule has 0 atom stereocenters. The lowest BCUT2D eigenvalue weighted by Crippen LogP contribution is -2.34. The molecule has 2 aromatic rings. The van der Waals surface area contributed by atoms with Gasteiger partial charge in [0.25, 0.3) is 0 Å². The Balaban J connectivity index is 1.17. The molecule has 1 aromatic carbocycles. The largest absolute Gasteiger partial charge is 0.487 e. The molecule has 0 bridgehead atoms. The van der Waals surface area contributed by atoms with Crippen LogP contribution in [-0.2, 0) is 13.0 Å². The van der Waals surface area contributed by atoms with E-state index >= 15 is 0 Å². The molecule has 4 rings (SSSR count). The van der Waals surface area contributed by atoms with E-state index in [9.17, 15) is 18.3 Å². The topological polar surface area (TPSA) is 71.1 Å². The number of halogens is 3. The third kappa shape index (κ3) is 9.48. The zero-order valence-electron chi connectivity index (χ0n) is 21.7. The number of aliphatic hydroxyl groups is 1. The molecule has 0 unspecified atom stereocenters. The van der Waals surface area contributed by atoms with E-state index in [0.717, 1.165) is 43.0 Å². The number of unbranched alkanes of at least 4 members (excludes halogenated alkanes) is 1. The van der Waals surface area contributed by atoms with Crippen LogP contribution >= 0.6 is 0 Å². The summed E-state index contributed by atoms with van der Waals surface area (Å²) in [5.41, 5.74) is 3.21. The lowest BCUT2D eigenvalue weighted by Gasteiger charge is -2.24. The molecule has 9 heteroatoms. The SMILES string of the molecule is OCCC1=NC#CCN1CCCCc1ccc(OCc2coc(/C=C/C3=CC=C(CC(F)(F)F)CC3)n2)cc1. The maximum Gasteiger partial charge on any atom is 0.392 e. The quantitative estimate of drug-likeness (QED) is 0.241. The molecular weight excluding hydrogens is 507 g/mol. The zero-order valence-corrected chi connectivity index (χ0v) is 21.7. The molecule has 2 heterocycles. The minimum absolute atomic E-state index is 0.0801. The van der Waals surface area contributed by atoms with E-state index < -0.39 is 12.6 Å². The number of nitrogens with zero attached hydrogens (tertiary/aromatic N) is 3. The van der Waals surface area contributed by atoms with Crippen molar-refractivity contribution in [3.8, 4) is 17.7 Å². The first-order valence-corrected chi connectivity index (χ1v) is 13.1. The molecule has 0 amide bonds. The summed E-state index contributed by atoms with van der Waals surface area (Å²) in [6.45, 7) is 1.89. The minimum atomic E-state index is -4.17. The van der Waals surface area contributed by atoms with E-state index in [-0.39, 0.29) is 13.2 Å². The number of hydrogen-bond donors (Lipinski definition) is 1. The van der Waals surface area contributed by atoms with Crippen molar-refractivity contribution >= 4 is 11.9 Å². The number of ether oxygens (including phenoxy) is 1. The molecule has 0 saturated heterocycles. The number of aliphatic imine (C=N–C) groups is 1. The summed E-state index contributed by atoms with van der Waals surface area (Å²) in [6.07, 6.45) is 7.81. The molecule has 0 radical (unpaired) electrons. The van der Waals surface area contributed by atoms with Gasteiger partial charge in [-0.05, 0) is 55.4 Å². The Morgan fingerprint density at radius 2 is 1.92 bits per heavy atom. The van der Waals surface area contributed by atoms with E-state index in [1.807, 2.05) is 18.2 Å². The Kier molecular flexibility index (Phi) is 10.0. The number of aromatic nitrogens is 1. The van der Waals surface area contributed by atoms with Gasteiger partial charge in [0.05, 0.1) is 19.6 Å². The van der Waals surface area contributed by atoms with Crippen molar-refractivity contribution in [2.45, 2.75) is 57.7 Å². The fourth-order valence-electron chi connectivity index (χ4n) is 4.34. The molecular formula is C30H32F3N3O3. The minimum Gasteiger partial charge on any atom is -0.487 e. The Morgan fingerprint density at radius 3 is 2.67 bits per heavy atom. The average Bonchev–Trinajstić information content (AvgIpc) is 3.38. The summed E-state index contributed by atoms with van der Waals surface area (Å²) in [4.78, 5) is 10.7. The van der Waals surface area contributed by atoms with Gasteiger partial charge in [-0.25, -0.2) is 4.98 Å². The van der Waals surface area contributed by atoms with Crippen LogP contribution in [0.15, 0.2) is 69.3 Å². The summed E-state index contributed by atoms with van der Waals surface area (Å²) in [7, 11) is 0. The molecule has 1 aromatic heterocycles. The zero-order chi connectivity index (χ0) is 27.5. The molecule has 0 saturated carbocycles. The van der Waals surface area contributed by atoms with Gasteiger partial charge in [-0.15, -0.1) is 0 Å². The second-order valence-corrected chi connectivity index (χ2v) is 9.47. The first-order valence-electron chi connectivity index (χ1n) is 13.1. The molecule has 39 heavy (non-hydrogen) atoms. The number of allylic oxidation sites excluding steroid dienone is 5. The Labute approximate surface area is 226 Å². The van der Waals surface area contributed by atoms with Crippen LogP contribution in [0.3, 0.4) is 0 Å². The van der Waals surface area contributed by atoms with E-state index in [1.54, 1.807) is 18.2 Å².